The minimum Gasteiger partial charge on any atom is -0.490 e. The Morgan fingerprint density at radius 1 is 1.24 bits per heavy atom. The predicted molar refractivity (Wildman–Crippen MR) is 107 cm³/mol. The van der Waals surface area contributed by atoms with Crippen LogP contribution < -0.4 is 20.5 Å². The third-order valence-corrected chi connectivity index (χ3v) is 4.44. The summed E-state index contributed by atoms with van der Waals surface area (Å²) in [6.07, 6.45) is 0. The van der Waals surface area contributed by atoms with Crippen LogP contribution in [-0.2, 0) is 11.3 Å². The Hall–Kier alpha value is -1.80. The molecule has 0 saturated heterocycles. The second-order valence-corrected chi connectivity index (χ2v) is 6.77. The molecule has 0 spiro atoms. The molecule has 1 atom stereocenters. The van der Waals surface area contributed by atoms with Crippen LogP contribution in [0.4, 0.5) is 0 Å². The van der Waals surface area contributed by atoms with Crippen molar-refractivity contribution in [2.45, 2.75) is 26.4 Å². The van der Waals surface area contributed by atoms with E-state index in [9.17, 15) is 4.79 Å². The predicted octanol–water partition coefficient (Wildman–Crippen LogP) is 3.40. The van der Waals surface area contributed by atoms with Crippen LogP contribution in [0.5, 0.6) is 11.5 Å². The number of primary amides is 1. The molecule has 0 aliphatic carbocycles. The number of ether oxygens (including phenoxy) is 2. The topological polar surface area (TPSA) is 73.6 Å². The molecule has 2 aromatic carbocycles. The van der Waals surface area contributed by atoms with Crippen LogP contribution in [0, 0.1) is 3.57 Å². The molecule has 0 unspecified atom stereocenters. The van der Waals surface area contributed by atoms with E-state index in [1.54, 1.807) is 0 Å². The Bertz CT molecular complexity index is 707. The van der Waals surface area contributed by atoms with E-state index >= 15 is 0 Å². The number of benzene rings is 2. The van der Waals surface area contributed by atoms with Crippen molar-refractivity contribution < 1.29 is 14.3 Å². The first-order valence-corrected chi connectivity index (χ1v) is 9.23. The number of halogens is 1. The minimum absolute atomic E-state index is 0.168. The molecule has 3 N–H and O–H groups in total. The van der Waals surface area contributed by atoms with Crippen LogP contribution in [-0.4, -0.2) is 19.1 Å². The second kappa shape index (κ2) is 9.62. The highest BCUT2D eigenvalue weighted by Crippen LogP contribution is 2.34. The van der Waals surface area contributed by atoms with Gasteiger partial charge in [-0.3, -0.25) is 4.79 Å². The summed E-state index contributed by atoms with van der Waals surface area (Å²) in [6, 6.07) is 14.5. The molecule has 0 radical (unpaired) electrons. The summed E-state index contributed by atoms with van der Waals surface area (Å²) in [7, 11) is 0. The summed E-state index contributed by atoms with van der Waals surface area (Å²) in [5.41, 5.74) is 7.49. The normalized spacial score (nSPS) is 11.8. The standard InChI is InChI=1S/C19H23IN2O3/c1-3-24-17-10-14(9-16(20)19(17)25-12-18(21)23)11-22-13(2)15-7-5-4-6-8-15/h4-10,13,22H,3,11-12H2,1-2H3,(H2,21,23)/t13-/m1/s1. The zero-order valence-electron chi connectivity index (χ0n) is 14.4. The van der Waals surface area contributed by atoms with Crippen LogP contribution in [0.1, 0.15) is 31.0 Å². The fourth-order valence-corrected chi connectivity index (χ4v) is 3.22. The van der Waals surface area contributed by atoms with Crippen molar-refractivity contribution in [1.82, 2.24) is 5.32 Å². The zero-order chi connectivity index (χ0) is 18.2. The van der Waals surface area contributed by atoms with Crippen LogP contribution in [0.2, 0.25) is 0 Å². The summed E-state index contributed by atoms with van der Waals surface area (Å²) in [5, 5.41) is 3.51. The second-order valence-electron chi connectivity index (χ2n) is 5.61. The molecule has 6 heteroatoms. The van der Waals surface area contributed by atoms with Gasteiger partial charge in [-0.25, -0.2) is 0 Å². The van der Waals surface area contributed by atoms with Crippen molar-refractivity contribution in [3.05, 3.63) is 57.2 Å². The molecule has 0 aliphatic rings. The highest BCUT2D eigenvalue weighted by Gasteiger charge is 2.14. The van der Waals surface area contributed by atoms with Crippen LogP contribution in [0.3, 0.4) is 0 Å². The Morgan fingerprint density at radius 3 is 2.60 bits per heavy atom. The Morgan fingerprint density at radius 2 is 1.96 bits per heavy atom. The van der Waals surface area contributed by atoms with E-state index in [2.05, 4.69) is 47.0 Å². The van der Waals surface area contributed by atoms with Gasteiger partial charge in [0.05, 0.1) is 10.2 Å². The van der Waals surface area contributed by atoms with Gasteiger partial charge in [-0.15, -0.1) is 0 Å². The zero-order valence-corrected chi connectivity index (χ0v) is 16.6. The average molecular weight is 454 g/mol. The number of nitrogens with two attached hydrogens (primary N) is 1. The third kappa shape index (κ3) is 5.89. The smallest absolute Gasteiger partial charge is 0.255 e. The lowest BCUT2D eigenvalue weighted by Gasteiger charge is -2.17. The van der Waals surface area contributed by atoms with Crippen molar-refractivity contribution in [2.24, 2.45) is 5.73 Å². The van der Waals surface area contributed by atoms with E-state index in [-0.39, 0.29) is 12.6 Å². The maximum absolute atomic E-state index is 11.0. The SMILES string of the molecule is CCOc1cc(CN[C@H](C)c2ccccc2)cc(I)c1OCC(N)=O. The maximum Gasteiger partial charge on any atom is 0.255 e. The van der Waals surface area contributed by atoms with Gasteiger partial charge < -0.3 is 20.5 Å². The number of hydrogen-bond acceptors (Lipinski definition) is 4. The molecule has 2 rings (SSSR count). The van der Waals surface area contributed by atoms with Gasteiger partial charge in [-0.05, 0) is 59.7 Å². The molecule has 1 amide bonds. The van der Waals surface area contributed by atoms with Gasteiger partial charge in [0.25, 0.3) is 5.91 Å². The molecule has 0 aliphatic heterocycles. The summed E-state index contributed by atoms with van der Waals surface area (Å²) in [6.45, 7) is 5.09. The van der Waals surface area contributed by atoms with Gasteiger partial charge in [-0.2, -0.15) is 0 Å². The fraction of sp³-hybridized carbons (Fsp3) is 0.316. The first-order chi connectivity index (χ1) is 12.0. The van der Waals surface area contributed by atoms with E-state index in [1.165, 1.54) is 5.56 Å². The average Bonchev–Trinajstić information content (AvgIpc) is 2.59. The van der Waals surface area contributed by atoms with Crippen LogP contribution in [0.15, 0.2) is 42.5 Å². The monoisotopic (exact) mass is 454 g/mol. The van der Waals surface area contributed by atoms with E-state index in [0.29, 0.717) is 24.7 Å². The van der Waals surface area contributed by atoms with Crippen molar-refractivity contribution in [3.63, 3.8) is 0 Å². The third-order valence-electron chi connectivity index (χ3n) is 3.64. The molecule has 5 nitrogen and oxygen atoms in total. The Balaban J connectivity index is 2.11. The molecule has 0 heterocycles. The molecule has 134 valence electrons. The molecular weight excluding hydrogens is 431 g/mol. The van der Waals surface area contributed by atoms with E-state index in [0.717, 1.165) is 9.13 Å². The highest BCUT2D eigenvalue weighted by atomic mass is 127. The number of nitrogens with one attached hydrogen (secondary N) is 1. The minimum atomic E-state index is -0.513. The van der Waals surface area contributed by atoms with Gasteiger partial charge in [0.15, 0.2) is 18.1 Å². The van der Waals surface area contributed by atoms with Gasteiger partial charge in [0, 0.05) is 12.6 Å². The summed E-state index contributed by atoms with van der Waals surface area (Å²) in [5.74, 6) is 0.668. The van der Waals surface area contributed by atoms with E-state index in [4.69, 9.17) is 15.2 Å². The quantitative estimate of drug-likeness (QED) is 0.570. The molecule has 2 aromatic rings. The first kappa shape index (κ1) is 19.5. The molecule has 25 heavy (non-hydrogen) atoms. The lowest BCUT2D eigenvalue weighted by atomic mass is 10.1. The molecule has 0 bridgehead atoms. The van der Waals surface area contributed by atoms with E-state index < -0.39 is 5.91 Å². The number of hydrogen-bond donors (Lipinski definition) is 2. The number of amides is 1. The Labute approximate surface area is 162 Å². The lowest BCUT2D eigenvalue weighted by molar-refractivity contribution is -0.119. The number of carbonyl (C=O) groups excluding carboxylic acids is 1. The van der Waals surface area contributed by atoms with Crippen LogP contribution in [0.25, 0.3) is 0 Å². The molecule has 0 aromatic heterocycles. The molecule has 0 saturated carbocycles. The van der Waals surface area contributed by atoms with Crippen molar-refractivity contribution >= 4 is 28.5 Å². The summed E-state index contributed by atoms with van der Waals surface area (Å²) in [4.78, 5) is 11.0. The molecule has 0 fully saturated rings. The van der Waals surface area contributed by atoms with Crippen LogP contribution >= 0.6 is 22.6 Å². The summed E-state index contributed by atoms with van der Waals surface area (Å²) < 4.78 is 12.1. The van der Waals surface area contributed by atoms with Gasteiger partial charge in [-0.1, -0.05) is 30.3 Å². The fourth-order valence-electron chi connectivity index (χ4n) is 2.40. The number of rotatable bonds is 9. The van der Waals surface area contributed by atoms with Crippen molar-refractivity contribution in [3.8, 4) is 11.5 Å². The summed E-state index contributed by atoms with van der Waals surface area (Å²) >= 11 is 2.18. The van der Waals surface area contributed by atoms with Crippen molar-refractivity contribution in [1.29, 1.82) is 0 Å². The largest absolute Gasteiger partial charge is 0.490 e. The van der Waals surface area contributed by atoms with Gasteiger partial charge in [0.1, 0.15) is 0 Å². The van der Waals surface area contributed by atoms with Gasteiger partial charge in [0.2, 0.25) is 0 Å². The van der Waals surface area contributed by atoms with Crippen molar-refractivity contribution in [2.75, 3.05) is 13.2 Å². The van der Waals surface area contributed by atoms with Gasteiger partial charge >= 0.3 is 0 Å². The first-order valence-electron chi connectivity index (χ1n) is 8.16. The Kier molecular flexibility index (Phi) is 7.52. The van der Waals surface area contributed by atoms with E-state index in [1.807, 2.05) is 37.3 Å². The maximum atomic E-state index is 11.0. The molecular formula is C19H23IN2O3. The number of carbonyl (C=O) groups is 1. The lowest BCUT2D eigenvalue weighted by Crippen LogP contribution is -2.21. The highest BCUT2D eigenvalue weighted by molar-refractivity contribution is 14.1.